The number of ether oxygens (including phenoxy) is 4. The zero-order valence-corrected chi connectivity index (χ0v) is 66.9. The monoisotopic (exact) mass is 1460 g/mol. The summed E-state index contributed by atoms with van der Waals surface area (Å²) in [4.78, 5) is 72.9. The van der Waals surface area contributed by atoms with Crippen LogP contribution in [0.25, 0.3) is 0 Å². The van der Waals surface area contributed by atoms with Crippen LogP contribution in [-0.2, 0) is 65.4 Å². The number of aliphatic hydroxyl groups excluding tert-OH is 1. The highest BCUT2D eigenvalue weighted by molar-refractivity contribution is 7.47. The van der Waals surface area contributed by atoms with Gasteiger partial charge in [0, 0.05) is 25.7 Å². The van der Waals surface area contributed by atoms with E-state index >= 15 is 0 Å². The highest BCUT2D eigenvalue weighted by Crippen LogP contribution is 2.45. The average Bonchev–Trinajstić information content (AvgIpc) is 1.47. The summed E-state index contributed by atoms with van der Waals surface area (Å²) >= 11 is 0. The van der Waals surface area contributed by atoms with Crippen LogP contribution in [-0.4, -0.2) is 96.7 Å². The molecule has 0 aliphatic rings. The third-order valence-electron chi connectivity index (χ3n) is 19.0. The van der Waals surface area contributed by atoms with Crippen LogP contribution in [0.1, 0.15) is 395 Å². The van der Waals surface area contributed by atoms with Crippen LogP contribution < -0.4 is 0 Å². The van der Waals surface area contributed by atoms with Crippen molar-refractivity contribution in [2.75, 3.05) is 39.6 Å². The Hall–Kier alpha value is -2.46. The predicted octanol–water partition coefficient (Wildman–Crippen LogP) is 23.7. The molecule has 0 aromatic rings. The molecule has 0 saturated carbocycles. The van der Waals surface area contributed by atoms with Crippen molar-refractivity contribution in [2.45, 2.75) is 414 Å². The Labute approximate surface area is 612 Å². The van der Waals surface area contributed by atoms with Gasteiger partial charge in [-0.1, -0.05) is 342 Å². The first kappa shape index (κ1) is 97.5. The van der Waals surface area contributed by atoms with Crippen molar-refractivity contribution in [1.29, 1.82) is 0 Å². The Morgan fingerprint density at radius 3 is 0.890 bits per heavy atom. The molecule has 0 aromatic heterocycles. The lowest BCUT2D eigenvalue weighted by atomic mass is 9.99. The predicted molar refractivity (Wildman–Crippen MR) is 409 cm³/mol. The maximum Gasteiger partial charge on any atom is 0.472 e. The molecule has 0 saturated heterocycles. The summed E-state index contributed by atoms with van der Waals surface area (Å²) in [5.41, 5.74) is 0. The van der Waals surface area contributed by atoms with E-state index in [-0.39, 0.29) is 25.7 Å². The van der Waals surface area contributed by atoms with Gasteiger partial charge in [-0.15, -0.1) is 0 Å². The maximum atomic E-state index is 13.1. The van der Waals surface area contributed by atoms with Crippen LogP contribution in [0.15, 0.2) is 24.3 Å². The Balaban J connectivity index is 5.22. The molecule has 19 heteroatoms. The van der Waals surface area contributed by atoms with E-state index in [1.54, 1.807) is 0 Å². The molecule has 0 fully saturated rings. The third kappa shape index (κ3) is 71.2. The van der Waals surface area contributed by atoms with Crippen LogP contribution in [0.2, 0.25) is 0 Å². The van der Waals surface area contributed by atoms with E-state index in [9.17, 15) is 43.2 Å². The van der Waals surface area contributed by atoms with Gasteiger partial charge in [-0.2, -0.15) is 0 Å². The molecule has 590 valence electrons. The van der Waals surface area contributed by atoms with E-state index in [1.807, 2.05) is 0 Å². The first-order valence-electron chi connectivity index (χ1n) is 41.2. The smallest absolute Gasteiger partial charge is 0.462 e. The summed E-state index contributed by atoms with van der Waals surface area (Å²) < 4.78 is 68.6. The lowest BCUT2D eigenvalue weighted by Crippen LogP contribution is -2.30. The molecule has 0 heterocycles. The standard InChI is InChI=1S/C81H154O17P2/c1-8-11-12-13-14-15-16-17-22-26-29-35-40-48-55-62-78(83)91-68-76(97-81(86)65-58-51-42-37-32-31-33-38-45-52-59-72(4)5)70-95-99(87,88)93-66-75(82)67-94-100(89,90)96-71-77(69-92-79(84)63-56-49-44-43-47-54-61-74(7)10-3)98-80(85)64-57-50-41-36-30-27-24-21-19-18-20-23-25-28-34-39-46-53-60-73(6)9-2/h15-17,22,72-77,82H,8-14,18-21,23-71H2,1-7H3,(H,87,88)(H,89,90)/b16-15-,22-17-/t73?,74?,75-,76-,77-/m1/s1. The molecule has 4 unspecified atom stereocenters. The van der Waals surface area contributed by atoms with Gasteiger partial charge in [-0.3, -0.25) is 37.3 Å². The largest absolute Gasteiger partial charge is 0.472 e. The molecular formula is C81H154O17P2. The molecule has 7 atom stereocenters. The van der Waals surface area contributed by atoms with Gasteiger partial charge in [0.2, 0.25) is 0 Å². The number of carbonyl (C=O) groups excluding carboxylic acids is 4. The molecule has 0 rings (SSSR count). The molecule has 0 radical (unpaired) electrons. The van der Waals surface area contributed by atoms with Crippen LogP contribution in [0.5, 0.6) is 0 Å². The van der Waals surface area contributed by atoms with E-state index in [1.165, 1.54) is 180 Å². The molecule has 0 amide bonds. The first-order chi connectivity index (χ1) is 48.3. The van der Waals surface area contributed by atoms with E-state index in [4.69, 9.17) is 37.0 Å². The fourth-order valence-corrected chi connectivity index (χ4v) is 13.5. The van der Waals surface area contributed by atoms with Gasteiger partial charge in [0.1, 0.15) is 19.3 Å². The van der Waals surface area contributed by atoms with Crippen molar-refractivity contribution in [3.05, 3.63) is 24.3 Å². The van der Waals surface area contributed by atoms with Crippen LogP contribution in [0.3, 0.4) is 0 Å². The number of unbranched alkanes of at least 4 members (excludes halogenated alkanes) is 40. The summed E-state index contributed by atoms with van der Waals surface area (Å²) in [7, 11) is -9.93. The number of allylic oxidation sites excluding steroid dienone is 4. The molecule has 0 aromatic carbocycles. The van der Waals surface area contributed by atoms with Crippen molar-refractivity contribution in [2.24, 2.45) is 17.8 Å². The van der Waals surface area contributed by atoms with Crippen molar-refractivity contribution in [1.82, 2.24) is 0 Å². The number of aliphatic hydroxyl groups is 1. The molecule has 100 heavy (non-hydrogen) atoms. The minimum Gasteiger partial charge on any atom is -0.462 e. The maximum absolute atomic E-state index is 13.1. The van der Waals surface area contributed by atoms with E-state index in [2.05, 4.69) is 72.8 Å². The van der Waals surface area contributed by atoms with E-state index in [0.29, 0.717) is 25.7 Å². The van der Waals surface area contributed by atoms with E-state index < -0.39 is 97.5 Å². The summed E-state index contributed by atoms with van der Waals surface area (Å²) in [6, 6.07) is 0. The fraction of sp³-hybridized carbons (Fsp3) is 0.901. The Morgan fingerprint density at radius 1 is 0.330 bits per heavy atom. The second kappa shape index (κ2) is 70.8. The topological polar surface area (TPSA) is 237 Å². The summed E-state index contributed by atoms with van der Waals surface area (Å²) in [5.74, 6) is 0.204. The van der Waals surface area contributed by atoms with Crippen LogP contribution in [0.4, 0.5) is 0 Å². The minimum absolute atomic E-state index is 0.0988. The van der Waals surface area contributed by atoms with Crippen molar-refractivity contribution >= 4 is 39.5 Å². The van der Waals surface area contributed by atoms with Gasteiger partial charge in [-0.25, -0.2) is 9.13 Å². The highest BCUT2D eigenvalue weighted by Gasteiger charge is 2.30. The first-order valence-corrected chi connectivity index (χ1v) is 44.2. The Morgan fingerprint density at radius 2 is 0.590 bits per heavy atom. The SMILES string of the molecule is CCCCCC/C=C\C=C/CCCCCCCC(=O)OC[C@H](COP(=O)(O)OC[C@@H](O)COP(=O)(O)OC[C@@H](COC(=O)CCCCCCCCC(C)CC)OC(=O)CCCCCCCCCCCCCCCCCCCCC(C)CC)OC(=O)CCCCCCCCCCCCC(C)C. The number of hydrogen-bond donors (Lipinski definition) is 3. The molecule has 17 nitrogen and oxygen atoms in total. The van der Waals surface area contributed by atoms with Crippen molar-refractivity contribution in [3.8, 4) is 0 Å². The highest BCUT2D eigenvalue weighted by atomic mass is 31.2. The summed E-state index contributed by atoms with van der Waals surface area (Å²) in [6.45, 7) is 11.9. The molecule has 0 aliphatic carbocycles. The van der Waals surface area contributed by atoms with Gasteiger partial charge in [-0.05, 0) is 69.1 Å². The van der Waals surface area contributed by atoms with Gasteiger partial charge in [0.05, 0.1) is 26.4 Å². The zero-order chi connectivity index (χ0) is 73.7. The van der Waals surface area contributed by atoms with Gasteiger partial charge in [0.25, 0.3) is 0 Å². The molecule has 0 spiro atoms. The van der Waals surface area contributed by atoms with Crippen LogP contribution in [0, 0.1) is 17.8 Å². The van der Waals surface area contributed by atoms with Gasteiger partial charge in [0.15, 0.2) is 12.2 Å². The number of esters is 4. The number of phosphoric ester groups is 2. The van der Waals surface area contributed by atoms with Crippen LogP contribution >= 0.6 is 15.6 Å². The average molecular weight is 1460 g/mol. The lowest BCUT2D eigenvalue weighted by Gasteiger charge is -2.21. The number of rotatable bonds is 77. The second-order valence-corrected chi connectivity index (χ2v) is 32.3. The molecule has 3 N–H and O–H groups in total. The Kier molecular flexibility index (Phi) is 69.1. The third-order valence-corrected chi connectivity index (χ3v) is 20.9. The van der Waals surface area contributed by atoms with Gasteiger partial charge >= 0.3 is 39.5 Å². The number of carbonyl (C=O) groups is 4. The zero-order valence-electron chi connectivity index (χ0n) is 65.2. The van der Waals surface area contributed by atoms with E-state index in [0.717, 1.165) is 133 Å². The minimum atomic E-state index is -4.97. The quantitative estimate of drug-likeness (QED) is 0.0169. The lowest BCUT2D eigenvalue weighted by molar-refractivity contribution is -0.161. The van der Waals surface area contributed by atoms with Gasteiger partial charge < -0.3 is 33.8 Å². The number of hydrogen-bond acceptors (Lipinski definition) is 15. The normalized spacial score (nSPS) is 14.7. The van der Waals surface area contributed by atoms with Crippen molar-refractivity contribution in [3.63, 3.8) is 0 Å². The Bertz CT molecular complexity index is 2040. The molecular weight excluding hydrogens is 1310 g/mol. The second-order valence-electron chi connectivity index (χ2n) is 29.4. The van der Waals surface area contributed by atoms with Crippen molar-refractivity contribution < 1.29 is 80.2 Å². The molecule has 0 bridgehead atoms. The fourth-order valence-electron chi connectivity index (χ4n) is 11.9. The summed E-state index contributed by atoms with van der Waals surface area (Å²) in [5, 5.41) is 10.6. The molecule has 0 aliphatic heterocycles. The number of phosphoric acid groups is 2. The summed E-state index contributed by atoms with van der Waals surface area (Å²) in [6.07, 6.45) is 61.9.